The maximum Gasteiger partial charge on any atom is 0.328 e. The number of carboxylic acids is 1. The Labute approximate surface area is 65.6 Å². The first kappa shape index (κ1) is 9.94. The van der Waals surface area contributed by atoms with Crippen LogP contribution in [0.2, 0.25) is 0 Å². The number of amides is 1. The molecule has 64 valence electrons. The van der Waals surface area contributed by atoms with Crippen molar-refractivity contribution in [3.8, 4) is 0 Å². The van der Waals surface area contributed by atoms with Gasteiger partial charge < -0.3 is 10.4 Å². The van der Waals surface area contributed by atoms with Crippen LogP contribution in [0.4, 0.5) is 0 Å². The van der Waals surface area contributed by atoms with Gasteiger partial charge in [0.1, 0.15) is 5.54 Å². The molecule has 0 aliphatic carbocycles. The van der Waals surface area contributed by atoms with Crippen LogP contribution in [-0.4, -0.2) is 22.5 Å². The highest BCUT2D eigenvalue weighted by molar-refractivity contribution is 5.86. The van der Waals surface area contributed by atoms with Gasteiger partial charge in [-0.25, -0.2) is 4.79 Å². The van der Waals surface area contributed by atoms with Crippen LogP contribution in [0.25, 0.3) is 0 Å². The van der Waals surface area contributed by atoms with E-state index in [1.807, 2.05) is 0 Å². The highest BCUT2D eigenvalue weighted by Gasteiger charge is 2.27. The second-order valence-electron chi connectivity index (χ2n) is 2.83. The molecule has 0 atom stereocenters. The summed E-state index contributed by atoms with van der Waals surface area (Å²) in [6, 6.07) is 0. The number of carboxylic acid groups (broad SMARTS) is 1. The summed E-state index contributed by atoms with van der Waals surface area (Å²) in [6.07, 6.45) is 0.302. The van der Waals surface area contributed by atoms with E-state index in [4.69, 9.17) is 5.11 Å². The third kappa shape index (κ3) is 3.02. The minimum absolute atomic E-state index is 0.252. The van der Waals surface area contributed by atoms with E-state index in [0.717, 1.165) is 0 Å². The summed E-state index contributed by atoms with van der Waals surface area (Å²) >= 11 is 0. The Kier molecular flexibility index (Phi) is 3.04. The van der Waals surface area contributed by atoms with Crippen LogP contribution in [0.5, 0.6) is 0 Å². The zero-order chi connectivity index (χ0) is 9.07. The number of rotatable bonds is 3. The molecular weight excluding hydrogens is 146 g/mol. The Bertz CT molecular complexity index is 175. The van der Waals surface area contributed by atoms with Gasteiger partial charge in [0, 0.05) is 6.42 Å². The zero-order valence-corrected chi connectivity index (χ0v) is 6.97. The van der Waals surface area contributed by atoms with E-state index in [2.05, 4.69) is 5.32 Å². The second-order valence-corrected chi connectivity index (χ2v) is 2.83. The van der Waals surface area contributed by atoms with E-state index in [9.17, 15) is 9.59 Å². The number of hydrogen-bond acceptors (Lipinski definition) is 2. The molecule has 11 heavy (non-hydrogen) atoms. The largest absolute Gasteiger partial charge is 0.480 e. The minimum Gasteiger partial charge on any atom is -0.480 e. The number of aliphatic carboxylic acids is 1. The monoisotopic (exact) mass is 159 g/mol. The van der Waals surface area contributed by atoms with Crippen LogP contribution in [0.3, 0.4) is 0 Å². The van der Waals surface area contributed by atoms with Crippen LogP contribution in [0.15, 0.2) is 0 Å². The summed E-state index contributed by atoms with van der Waals surface area (Å²) in [5.74, 6) is -1.28. The molecule has 4 nitrogen and oxygen atoms in total. The Morgan fingerprint density at radius 2 is 1.91 bits per heavy atom. The van der Waals surface area contributed by atoms with Crippen LogP contribution in [0.1, 0.15) is 27.2 Å². The van der Waals surface area contributed by atoms with Crippen molar-refractivity contribution in [3.05, 3.63) is 0 Å². The highest BCUT2D eigenvalue weighted by Crippen LogP contribution is 2.01. The van der Waals surface area contributed by atoms with Crippen LogP contribution in [0, 0.1) is 0 Å². The molecule has 0 heterocycles. The molecule has 0 unspecified atom stereocenters. The average molecular weight is 159 g/mol. The minimum atomic E-state index is -1.16. The van der Waals surface area contributed by atoms with Gasteiger partial charge in [0.25, 0.3) is 0 Å². The van der Waals surface area contributed by atoms with Gasteiger partial charge in [-0.05, 0) is 13.8 Å². The lowest BCUT2D eigenvalue weighted by atomic mass is 10.1. The van der Waals surface area contributed by atoms with E-state index in [0.29, 0.717) is 6.42 Å². The van der Waals surface area contributed by atoms with E-state index < -0.39 is 11.5 Å². The van der Waals surface area contributed by atoms with Gasteiger partial charge in [-0.15, -0.1) is 0 Å². The fraction of sp³-hybridized carbons (Fsp3) is 0.714. The standard InChI is InChI=1S/C7H13NO3/c1-4-5(9)8-7(2,3)6(10)11/h4H2,1-3H3,(H,8,9)(H,10,11). The van der Waals surface area contributed by atoms with E-state index >= 15 is 0 Å². The average Bonchev–Trinajstić information content (AvgIpc) is 1.86. The van der Waals surface area contributed by atoms with Crippen molar-refractivity contribution in [2.75, 3.05) is 0 Å². The maximum atomic E-state index is 10.8. The molecule has 0 aromatic rings. The van der Waals surface area contributed by atoms with Crippen LogP contribution < -0.4 is 5.32 Å². The summed E-state index contributed by atoms with van der Waals surface area (Å²) in [6.45, 7) is 4.57. The predicted octanol–water partition coefficient (Wildman–Crippen LogP) is 0.376. The second kappa shape index (κ2) is 3.37. The number of nitrogens with one attached hydrogen (secondary N) is 1. The fourth-order valence-corrected chi connectivity index (χ4v) is 0.490. The quantitative estimate of drug-likeness (QED) is 0.625. The molecule has 0 rings (SSSR count). The lowest BCUT2D eigenvalue weighted by Crippen LogP contribution is -2.49. The lowest BCUT2D eigenvalue weighted by Gasteiger charge is -2.20. The van der Waals surface area contributed by atoms with E-state index in [1.165, 1.54) is 13.8 Å². The summed E-state index contributed by atoms with van der Waals surface area (Å²) in [7, 11) is 0. The number of carbonyl (C=O) groups excluding carboxylic acids is 1. The zero-order valence-electron chi connectivity index (χ0n) is 6.97. The summed E-state index contributed by atoms with van der Waals surface area (Å²) < 4.78 is 0. The first-order valence-electron chi connectivity index (χ1n) is 3.44. The van der Waals surface area contributed by atoms with Gasteiger partial charge in [0.2, 0.25) is 5.91 Å². The van der Waals surface area contributed by atoms with E-state index in [-0.39, 0.29) is 5.91 Å². The lowest BCUT2D eigenvalue weighted by molar-refractivity contribution is -0.145. The molecule has 0 spiro atoms. The van der Waals surface area contributed by atoms with Crippen LogP contribution >= 0.6 is 0 Å². The molecule has 2 N–H and O–H groups in total. The topological polar surface area (TPSA) is 66.4 Å². The molecule has 0 bridgehead atoms. The first-order chi connectivity index (χ1) is 4.90. The van der Waals surface area contributed by atoms with E-state index in [1.54, 1.807) is 6.92 Å². The summed E-state index contributed by atoms with van der Waals surface area (Å²) in [5, 5.41) is 10.9. The molecule has 0 aromatic heterocycles. The van der Waals surface area contributed by atoms with Crippen molar-refractivity contribution in [2.45, 2.75) is 32.7 Å². The van der Waals surface area contributed by atoms with Gasteiger partial charge in [-0.2, -0.15) is 0 Å². The molecule has 4 heteroatoms. The maximum absolute atomic E-state index is 10.8. The van der Waals surface area contributed by atoms with Gasteiger partial charge in [-0.1, -0.05) is 6.92 Å². The normalized spacial score (nSPS) is 10.8. The van der Waals surface area contributed by atoms with Gasteiger partial charge >= 0.3 is 5.97 Å². The van der Waals surface area contributed by atoms with Crippen molar-refractivity contribution in [3.63, 3.8) is 0 Å². The molecule has 0 saturated carbocycles. The molecule has 1 amide bonds. The van der Waals surface area contributed by atoms with Gasteiger partial charge in [-0.3, -0.25) is 4.79 Å². The molecule has 0 saturated heterocycles. The Morgan fingerprint density at radius 1 is 1.45 bits per heavy atom. The molecule has 0 fully saturated rings. The first-order valence-corrected chi connectivity index (χ1v) is 3.44. The van der Waals surface area contributed by atoms with Crippen molar-refractivity contribution >= 4 is 11.9 Å². The predicted molar refractivity (Wildman–Crippen MR) is 40.1 cm³/mol. The number of hydrogen-bond donors (Lipinski definition) is 2. The Morgan fingerprint density at radius 3 is 2.18 bits per heavy atom. The van der Waals surface area contributed by atoms with Crippen molar-refractivity contribution < 1.29 is 14.7 Å². The third-order valence-corrected chi connectivity index (χ3v) is 1.31. The van der Waals surface area contributed by atoms with Crippen molar-refractivity contribution in [1.29, 1.82) is 0 Å². The molecule has 0 aliphatic rings. The fourth-order valence-electron chi connectivity index (χ4n) is 0.490. The molecule has 0 aliphatic heterocycles. The van der Waals surface area contributed by atoms with Crippen LogP contribution in [-0.2, 0) is 9.59 Å². The van der Waals surface area contributed by atoms with Crippen molar-refractivity contribution in [1.82, 2.24) is 5.32 Å². The third-order valence-electron chi connectivity index (χ3n) is 1.31. The van der Waals surface area contributed by atoms with Gasteiger partial charge in [0.15, 0.2) is 0 Å². The Balaban J connectivity index is 4.12. The Hall–Kier alpha value is -1.06. The summed E-state index contributed by atoms with van der Waals surface area (Å²) in [4.78, 5) is 21.2. The van der Waals surface area contributed by atoms with Crippen molar-refractivity contribution in [2.24, 2.45) is 0 Å². The SMILES string of the molecule is CCC(=O)NC(C)(C)C(=O)O. The smallest absolute Gasteiger partial charge is 0.328 e. The highest BCUT2D eigenvalue weighted by atomic mass is 16.4. The number of carbonyl (C=O) groups is 2. The molecule has 0 aromatic carbocycles. The molecule has 0 radical (unpaired) electrons. The molecular formula is C7H13NO3. The summed E-state index contributed by atoms with van der Waals surface area (Å²) in [5.41, 5.74) is -1.16. The van der Waals surface area contributed by atoms with Gasteiger partial charge in [0.05, 0.1) is 0 Å².